The lowest BCUT2D eigenvalue weighted by Crippen LogP contribution is -2.33. The summed E-state index contributed by atoms with van der Waals surface area (Å²) in [5, 5.41) is 8.72. The van der Waals surface area contributed by atoms with Gasteiger partial charge in [-0.1, -0.05) is 71.2 Å². The smallest absolute Gasteiger partial charge is 0.215 e. The van der Waals surface area contributed by atoms with Gasteiger partial charge in [0, 0.05) is 27.6 Å². The second-order valence-electron chi connectivity index (χ2n) is 6.83. The van der Waals surface area contributed by atoms with Crippen LogP contribution < -0.4 is 4.74 Å². The maximum absolute atomic E-state index is 6.50. The predicted molar refractivity (Wildman–Crippen MR) is 113 cm³/mol. The Morgan fingerprint density at radius 2 is 1.61 bits per heavy atom. The highest BCUT2D eigenvalue weighted by atomic mass is 35.5. The summed E-state index contributed by atoms with van der Waals surface area (Å²) in [6.45, 7) is 0. The molecule has 0 unspecified atom stereocenters. The van der Waals surface area contributed by atoms with Crippen molar-refractivity contribution in [1.29, 1.82) is 0 Å². The number of hydrogen-bond acceptors (Lipinski definition) is 3. The summed E-state index contributed by atoms with van der Waals surface area (Å²) >= 11 is 18.9. The van der Waals surface area contributed by atoms with Crippen LogP contribution in [0.15, 0.2) is 71.8 Å². The zero-order chi connectivity index (χ0) is 19.3. The Morgan fingerprint density at radius 1 is 0.857 bits per heavy atom. The molecule has 2 atom stereocenters. The van der Waals surface area contributed by atoms with Crippen molar-refractivity contribution in [3.63, 3.8) is 0 Å². The molecule has 3 aromatic rings. The summed E-state index contributed by atoms with van der Waals surface area (Å²) in [6.07, 6.45) is 0.326. The summed E-state index contributed by atoms with van der Waals surface area (Å²) in [6, 6.07) is 21.3. The molecule has 0 amide bonds. The summed E-state index contributed by atoms with van der Waals surface area (Å²) in [5.74, 6) is 0.797. The molecule has 5 rings (SSSR count). The number of ether oxygens (including phenoxy) is 1. The van der Waals surface area contributed by atoms with Crippen LogP contribution in [0.25, 0.3) is 0 Å². The second-order valence-corrected chi connectivity index (χ2v) is 8.11. The standard InChI is InChI=1S/C22H15Cl3N2O/c23-14-7-9-21-17(10-14)20-12-19(13-4-2-1-3-5-13)26-27(20)22(28-21)16-8-6-15(24)11-18(16)25/h1-11,20,22H,12H2/t20-,22+/m1/s1. The fourth-order valence-corrected chi connectivity index (χ4v) is 4.45. The molecule has 2 heterocycles. The summed E-state index contributed by atoms with van der Waals surface area (Å²) in [5.41, 5.74) is 3.97. The molecule has 3 aromatic carbocycles. The topological polar surface area (TPSA) is 24.8 Å². The number of nitrogens with zero attached hydrogens (tertiary/aromatic N) is 2. The van der Waals surface area contributed by atoms with Crippen LogP contribution in [0.1, 0.15) is 35.4 Å². The highest BCUT2D eigenvalue weighted by Crippen LogP contribution is 2.49. The molecule has 0 bridgehead atoms. The van der Waals surface area contributed by atoms with Crippen LogP contribution in [0, 0.1) is 0 Å². The van der Waals surface area contributed by atoms with Crippen molar-refractivity contribution in [3.8, 4) is 5.75 Å². The fourth-order valence-electron chi connectivity index (χ4n) is 3.77. The van der Waals surface area contributed by atoms with Gasteiger partial charge >= 0.3 is 0 Å². The Balaban J connectivity index is 1.63. The Kier molecular flexibility index (Phi) is 4.47. The molecule has 2 aliphatic heterocycles. The number of fused-ring (bicyclic) bond motifs is 3. The lowest BCUT2D eigenvalue weighted by atomic mass is 9.96. The molecule has 0 aromatic heterocycles. The Bertz CT molecular complexity index is 1080. The third kappa shape index (κ3) is 3.04. The van der Waals surface area contributed by atoms with Crippen molar-refractivity contribution in [1.82, 2.24) is 5.01 Å². The van der Waals surface area contributed by atoms with Gasteiger partial charge in [-0.25, -0.2) is 5.01 Å². The van der Waals surface area contributed by atoms with Crippen molar-refractivity contribution in [2.24, 2.45) is 5.10 Å². The molecule has 0 N–H and O–H groups in total. The third-order valence-corrected chi connectivity index (χ3v) is 5.88. The van der Waals surface area contributed by atoms with Crippen LogP contribution in [0.5, 0.6) is 5.75 Å². The van der Waals surface area contributed by atoms with E-state index < -0.39 is 6.23 Å². The normalized spacial score (nSPS) is 20.2. The fraction of sp³-hybridized carbons (Fsp3) is 0.136. The van der Waals surface area contributed by atoms with Crippen LogP contribution in [-0.4, -0.2) is 10.7 Å². The lowest BCUT2D eigenvalue weighted by molar-refractivity contribution is -0.0189. The van der Waals surface area contributed by atoms with Gasteiger partial charge < -0.3 is 4.74 Å². The van der Waals surface area contributed by atoms with E-state index in [9.17, 15) is 0 Å². The molecule has 2 aliphatic rings. The van der Waals surface area contributed by atoms with Crippen LogP contribution in [-0.2, 0) is 0 Å². The number of benzene rings is 3. The molecule has 0 spiro atoms. The van der Waals surface area contributed by atoms with E-state index in [2.05, 4.69) is 12.1 Å². The van der Waals surface area contributed by atoms with Gasteiger partial charge in [0.15, 0.2) is 0 Å². The first-order chi connectivity index (χ1) is 13.6. The van der Waals surface area contributed by atoms with Gasteiger partial charge in [-0.3, -0.25) is 0 Å². The molecule has 0 fully saturated rings. The van der Waals surface area contributed by atoms with Gasteiger partial charge in [-0.2, -0.15) is 5.10 Å². The summed E-state index contributed by atoms with van der Waals surface area (Å²) in [7, 11) is 0. The van der Waals surface area contributed by atoms with Crippen LogP contribution in [0.4, 0.5) is 0 Å². The Morgan fingerprint density at radius 3 is 2.39 bits per heavy atom. The second kappa shape index (κ2) is 7.00. The Hall–Kier alpha value is -2.20. The first-order valence-electron chi connectivity index (χ1n) is 8.92. The molecule has 6 heteroatoms. The first kappa shape index (κ1) is 17.9. The number of halogens is 3. The molecule has 0 saturated carbocycles. The van der Waals surface area contributed by atoms with E-state index in [1.165, 1.54) is 0 Å². The third-order valence-electron chi connectivity index (χ3n) is 5.09. The van der Waals surface area contributed by atoms with E-state index in [-0.39, 0.29) is 6.04 Å². The quantitative estimate of drug-likeness (QED) is 0.443. The van der Waals surface area contributed by atoms with Gasteiger partial charge in [0.05, 0.1) is 16.8 Å². The summed E-state index contributed by atoms with van der Waals surface area (Å²) < 4.78 is 6.32. The zero-order valence-corrected chi connectivity index (χ0v) is 16.9. The van der Waals surface area contributed by atoms with Gasteiger partial charge in [0.2, 0.25) is 6.23 Å². The molecule has 140 valence electrons. The highest BCUT2D eigenvalue weighted by molar-refractivity contribution is 6.35. The van der Waals surface area contributed by atoms with Gasteiger partial charge in [-0.05, 0) is 35.9 Å². The molecule has 28 heavy (non-hydrogen) atoms. The van der Waals surface area contributed by atoms with E-state index in [4.69, 9.17) is 44.6 Å². The number of hydrazone groups is 1. The molecule has 0 radical (unpaired) electrons. The maximum atomic E-state index is 6.50. The lowest BCUT2D eigenvalue weighted by Gasteiger charge is -2.38. The summed E-state index contributed by atoms with van der Waals surface area (Å²) in [4.78, 5) is 0. The zero-order valence-electron chi connectivity index (χ0n) is 14.6. The van der Waals surface area contributed by atoms with E-state index in [0.29, 0.717) is 15.1 Å². The van der Waals surface area contributed by atoms with Crippen LogP contribution in [0.2, 0.25) is 15.1 Å². The molecule has 0 aliphatic carbocycles. The monoisotopic (exact) mass is 428 g/mol. The van der Waals surface area contributed by atoms with Crippen LogP contribution in [0.3, 0.4) is 0 Å². The molecular weight excluding hydrogens is 415 g/mol. The van der Waals surface area contributed by atoms with Crippen molar-refractivity contribution in [2.45, 2.75) is 18.7 Å². The van der Waals surface area contributed by atoms with Crippen LogP contribution >= 0.6 is 34.8 Å². The van der Waals surface area contributed by atoms with Gasteiger partial charge in [0.1, 0.15) is 5.75 Å². The predicted octanol–water partition coefficient (Wildman–Crippen LogP) is 6.89. The Labute approximate surface area is 178 Å². The van der Waals surface area contributed by atoms with Crippen molar-refractivity contribution >= 4 is 40.5 Å². The minimum atomic E-state index is -0.440. The largest absolute Gasteiger partial charge is 0.464 e. The van der Waals surface area contributed by atoms with E-state index in [1.807, 2.05) is 53.5 Å². The molecular formula is C22H15Cl3N2O. The number of rotatable bonds is 2. The van der Waals surface area contributed by atoms with Crippen molar-refractivity contribution < 1.29 is 4.74 Å². The first-order valence-corrected chi connectivity index (χ1v) is 10.1. The van der Waals surface area contributed by atoms with Gasteiger partial charge in [-0.15, -0.1) is 0 Å². The van der Waals surface area contributed by atoms with Crippen molar-refractivity contribution in [2.75, 3.05) is 0 Å². The number of hydrogen-bond donors (Lipinski definition) is 0. The average Bonchev–Trinajstić information content (AvgIpc) is 3.14. The van der Waals surface area contributed by atoms with E-state index >= 15 is 0 Å². The highest BCUT2D eigenvalue weighted by Gasteiger charge is 2.41. The minimum Gasteiger partial charge on any atom is -0.464 e. The average molecular weight is 430 g/mol. The van der Waals surface area contributed by atoms with Gasteiger partial charge in [0.25, 0.3) is 0 Å². The van der Waals surface area contributed by atoms with E-state index in [0.717, 1.165) is 34.6 Å². The maximum Gasteiger partial charge on any atom is 0.215 e. The minimum absolute atomic E-state index is 0.0226. The molecule has 0 saturated heterocycles. The van der Waals surface area contributed by atoms with E-state index in [1.54, 1.807) is 6.07 Å². The molecule has 3 nitrogen and oxygen atoms in total. The van der Waals surface area contributed by atoms with Crippen molar-refractivity contribution in [3.05, 3.63) is 98.5 Å². The SMILES string of the molecule is Clc1ccc([C@@H]2Oc3ccc(Cl)cc3[C@H]3CC(c4ccccc4)=NN32)c(Cl)c1.